The van der Waals surface area contributed by atoms with Crippen molar-refractivity contribution in [2.75, 3.05) is 0 Å². The van der Waals surface area contributed by atoms with Gasteiger partial charge in [-0.2, -0.15) is 9.83 Å². The molecule has 19 heavy (non-hydrogen) atoms. The average molecular weight is 250 g/mol. The second-order valence-electron chi connectivity index (χ2n) is 4.20. The predicted molar refractivity (Wildman–Crippen MR) is 69.5 cm³/mol. The molecule has 92 valence electrons. The Kier molecular flexibility index (Phi) is 2.43. The van der Waals surface area contributed by atoms with Crippen LogP contribution in [0, 0.1) is 23.5 Å². The lowest BCUT2D eigenvalue weighted by molar-refractivity contribution is -0.585. The third kappa shape index (κ3) is 1.62. The molecule has 2 aromatic heterocycles. The summed E-state index contributed by atoms with van der Waals surface area (Å²) in [6, 6.07) is 10.9. The van der Waals surface area contributed by atoms with Crippen LogP contribution in [0.2, 0.25) is 0 Å². The highest BCUT2D eigenvalue weighted by Crippen LogP contribution is 2.19. The molecule has 0 fully saturated rings. The molecule has 0 amide bonds. The quantitative estimate of drug-likeness (QED) is 0.489. The molecule has 1 aromatic carbocycles. The van der Waals surface area contributed by atoms with Crippen LogP contribution in [-0.2, 0) is 0 Å². The molecular formula is C14H10N4O. The van der Waals surface area contributed by atoms with Gasteiger partial charge in [0.25, 0.3) is 5.82 Å². The largest absolute Gasteiger partial charge is 0.710 e. The lowest BCUT2D eigenvalue weighted by Gasteiger charge is -2.01. The van der Waals surface area contributed by atoms with Crippen molar-refractivity contribution in [3.05, 3.63) is 59.3 Å². The van der Waals surface area contributed by atoms with E-state index in [1.807, 2.05) is 16.7 Å². The molecule has 3 aromatic rings. The minimum atomic E-state index is 0.563. The summed E-state index contributed by atoms with van der Waals surface area (Å²) in [6.45, 7) is 1.76. The molecule has 5 nitrogen and oxygen atoms in total. The Bertz CT molecular complexity index is 797. The summed E-state index contributed by atoms with van der Waals surface area (Å²) in [6.07, 6.45) is 3.26. The van der Waals surface area contributed by atoms with Gasteiger partial charge in [0.15, 0.2) is 11.0 Å². The average Bonchev–Trinajstić information content (AvgIpc) is 2.72. The van der Waals surface area contributed by atoms with Gasteiger partial charge in [-0.15, -0.1) is 0 Å². The zero-order chi connectivity index (χ0) is 13.4. The van der Waals surface area contributed by atoms with E-state index in [4.69, 9.17) is 5.26 Å². The minimum Gasteiger partial charge on any atom is -0.710 e. The van der Waals surface area contributed by atoms with Crippen LogP contribution in [0.5, 0.6) is 0 Å². The standard InChI is InChI=1S/C14H10N4O/c1-10-17(12-4-2-11(8-15)3-5-12)14-9-16-7-6-13(14)18(10)19/h2-7,9H,1H3. The molecule has 0 unspecified atom stereocenters. The summed E-state index contributed by atoms with van der Waals surface area (Å²) in [4.78, 5) is 4.06. The van der Waals surface area contributed by atoms with Crippen LogP contribution in [0.4, 0.5) is 0 Å². The fourth-order valence-electron chi connectivity index (χ4n) is 2.17. The number of nitrogens with zero attached hydrogens (tertiary/aromatic N) is 4. The van der Waals surface area contributed by atoms with E-state index in [1.54, 1.807) is 37.5 Å². The van der Waals surface area contributed by atoms with Crippen molar-refractivity contribution in [1.82, 2.24) is 9.55 Å². The number of nitriles is 1. The molecule has 0 saturated heterocycles. The van der Waals surface area contributed by atoms with Crippen molar-refractivity contribution in [3.8, 4) is 11.8 Å². The summed E-state index contributed by atoms with van der Waals surface area (Å²) in [5, 5.41) is 20.9. The summed E-state index contributed by atoms with van der Waals surface area (Å²) >= 11 is 0. The smallest absolute Gasteiger partial charge is 0.262 e. The van der Waals surface area contributed by atoms with Crippen LogP contribution in [0.15, 0.2) is 42.7 Å². The molecule has 0 saturated carbocycles. The summed E-state index contributed by atoms with van der Waals surface area (Å²) in [7, 11) is 0. The van der Waals surface area contributed by atoms with Gasteiger partial charge in [-0.3, -0.25) is 4.98 Å². The summed E-state index contributed by atoms with van der Waals surface area (Å²) in [5.74, 6) is 0.563. The number of hydrogen-bond acceptors (Lipinski definition) is 3. The van der Waals surface area contributed by atoms with Crippen molar-refractivity contribution >= 4 is 11.0 Å². The molecule has 0 aliphatic carbocycles. The first-order valence-electron chi connectivity index (χ1n) is 5.77. The molecule has 0 aliphatic rings. The Morgan fingerprint density at radius 2 is 2.00 bits per heavy atom. The molecule has 0 N–H and O–H groups in total. The second-order valence-corrected chi connectivity index (χ2v) is 4.20. The van der Waals surface area contributed by atoms with E-state index < -0.39 is 0 Å². The molecule has 2 heterocycles. The number of aromatic nitrogens is 3. The number of pyridine rings is 1. The molecule has 0 spiro atoms. The third-order valence-electron chi connectivity index (χ3n) is 3.11. The van der Waals surface area contributed by atoms with Crippen molar-refractivity contribution in [2.24, 2.45) is 0 Å². The Morgan fingerprint density at radius 1 is 1.26 bits per heavy atom. The number of rotatable bonds is 1. The van der Waals surface area contributed by atoms with Crippen LogP contribution in [-0.4, -0.2) is 9.55 Å². The highest BCUT2D eigenvalue weighted by Gasteiger charge is 2.19. The first kappa shape index (κ1) is 11.2. The number of benzene rings is 1. The van der Waals surface area contributed by atoms with Crippen LogP contribution in [0.3, 0.4) is 0 Å². The van der Waals surface area contributed by atoms with Crippen molar-refractivity contribution in [1.29, 1.82) is 5.26 Å². The highest BCUT2D eigenvalue weighted by atomic mass is 16.5. The Balaban J connectivity index is 2.30. The van der Waals surface area contributed by atoms with E-state index in [-0.39, 0.29) is 0 Å². The van der Waals surface area contributed by atoms with E-state index >= 15 is 0 Å². The molecular weight excluding hydrogens is 240 g/mol. The van der Waals surface area contributed by atoms with E-state index in [1.165, 1.54) is 0 Å². The predicted octanol–water partition coefficient (Wildman–Crippen LogP) is 1.84. The molecule has 0 radical (unpaired) electrons. The normalized spacial score (nSPS) is 10.5. The van der Waals surface area contributed by atoms with Gasteiger partial charge in [-0.1, -0.05) is 0 Å². The van der Waals surface area contributed by atoms with Crippen molar-refractivity contribution < 1.29 is 4.73 Å². The van der Waals surface area contributed by atoms with E-state index in [0.717, 1.165) is 15.9 Å². The van der Waals surface area contributed by atoms with Gasteiger partial charge in [0.05, 0.1) is 17.8 Å². The van der Waals surface area contributed by atoms with Gasteiger partial charge in [0.1, 0.15) is 5.69 Å². The third-order valence-corrected chi connectivity index (χ3v) is 3.11. The lowest BCUT2D eigenvalue weighted by Crippen LogP contribution is -2.28. The van der Waals surface area contributed by atoms with Gasteiger partial charge in [0, 0.05) is 19.2 Å². The van der Waals surface area contributed by atoms with Gasteiger partial charge < -0.3 is 5.21 Å². The van der Waals surface area contributed by atoms with E-state index in [2.05, 4.69) is 11.1 Å². The van der Waals surface area contributed by atoms with Crippen LogP contribution >= 0.6 is 0 Å². The minimum absolute atomic E-state index is 0.563. The summed E-state index contributed by atoms with van der Waals surface area (Å²) in [5.41, 5.74) is 2.76. The molecule has 0 bridgehead atoms. The molecule has 0 aliphatic heterocycles. The fourth-order valence-corrected chi connectivity index (χ4v) is 2.17. The Hall–Kier alpha value is -2.87. The molecule has 3 rings (SSSR count). The zero-order valence-corrected chi connectivity index (χ0v) is 10.2. The van der Waals surface area contributed by atoms with Gasteiger partial charge in [-0.05, 0) is 24.3 Å². The molecule has 0 atom stereocenters. The monoisotopic (exact) mass is 250 g/mol. The number of fused-ring (bicyclic) bond motifs is 1. The Labute approximate surface area is 109 Å². The maximum absolute atomic E-state index is 12.1. The van der Waals surface area contributed by atoms with Crippen molar-refractivity contribution in [3.63, 3.8) is 0 Å². The number of imidazole rings is 1. The van der Waals surface area contributed by atoms with E-state index in [0.29, 0.717) is 16.9 Å². The Morgan fingerprint density at radius 3 is 2.68 bits per heavy atom. The van der Waals surface area contributed by atoms with Gasteiger partial charge in [0.2, 0.25) is 0 Å². The van der Waals surface area contributed by atoms with Crippen LogP contribution in [0.25, 0.3) is 16.7 Å². The van der Waals surface area contributed by atoms with Crippen molar-refractivity contribution in [2.45, 2.75) is 6.92 Å². The lowest BCUT2D eigenvalue weighted by atomic mass is 10.2. The second kappa shape index (κ2) is 4.10. The first-order valence-corrected chi connectivity index (χ1v) is 5.77. The van der Waals surface area contributed by atoms with Crippen LogP contribution < -0.4 is 4.73 Å². The molecule has 5 heteroatoms. The maximum Gasteiger partial charge on any atom is 0.262 e. The van der Waals surface area contributed by atoms with Gasteiger partial charge >= 0.3 is 0 Å². The number of hydrogen-bond donors (Lipinski definition) is 0. The topological polar surface area (TPSA) is 68.5 Å². The SMILES string of the molecule is Cc1n(-c2ccc(C#N)cc2)c2cnccc2[n+]1[O-]. The highest BCUT2D eigenvalue weighted by molar-refractivity contribution is 5.73. The first-order chi connectivity index (χ1) is 9.22. The maximum atomic E-state index is 12.1. The zero-order valence-electron chi connectivity index (χ0n) is 10.2. The van der Waals surface area contributed by atoms with Gasteiger partial charge in [-0.25, -0.2) is 4.73 Å². The van der Waals surface area contributed by atoms with E-state index in [9.17, 15) is 5.21 Å². The fraction of sp³-hybridized carbons (Fsp3) is 0.0714. The summed E-state index contributed by atoms with van der Waals surface area (Å²) < 4.78 is 2.71. The van der Waals surface area contributed by atoms with Crippen LogP contribution in [0.1, 0.15) is 11.4 Å².